The minimum atomic E-state index is -0.179. The Morgan fingerprint density at radius 1 is 1.50 bits per heavy atom. The predicted octanol–water partition coefficient (Wildman–Crippen LogP) is 2.89. The van der Waals surface area contributed by atoms with Gasteiger partial charge in [-0.2, -0.15) is 0 Å². The van der Waals surface area contributed by atoms with Crippen LogP contribution < -0.4 is 10.6 Å². The number of carbonyl (C=O) groups excluding carboxylic acids is 1. The number of halogens is 1. The van der Waals surface area contributed by atoms with Crippen LogP contribution in [0.15, 0.2) is 6.07 Å². The number of rotatable bonds is 4. The Labute approximate surface area is 117 Å². The summed E-state index contributed by atoms with van der Waals surface area (Å²) in [5.74, 6) is 0.0553. The number of hydrogen-bond acceptors (Lipinski definition) is 3. The van der Waals surface area contributed by atoms with E-state index in [1.165, 1.54) is 10.4 Å². The second-order valence-electron chi connectivity index (χ2n) is 5.07. The largest absolute Gasteiger partial charge is 0.353 e. The highest BCUT2D eigenvalue weighted by Gasteiger charge is 2.27. The van der Waals surface area contributed by atoms with Crippen LogP contribution in [0.2, 0.25) is 4.34 Å². The van der Waals surface area contributed by atoms with Gasteiger partial charge in [0.2, 0.25) is 5.91 Å². The first kappa shape index (κ1) is 13.8. The third kappa shape index (κ3) is 3.05. The van der Waals surface area contributed by atoms with Crippen LogP contribution in [-0.4, -0.2) is 18.0 Å². The summed E-state index contributed by atoms with van der Waals surface area (Å²) in [5.41, 5.74) is 1.27. The number of aryl methyl sites for hydroxylation is 1. The molecule has 1 aromatic heterocycles. The van der Waals surface area contributed by atoms with Crippen LogP contribution in [0, 0.1) is 0 Å². The molecule has 1 aliphatic rings. The van der Waals surface area contributed by atoms with Gasteiger partial charge in [-0.05, 0) is 45.2 Å². The van der Waals surface area contributed by atoms with Crippen LogP contribution in [0.5, 0.6) is 0 Å². The van der Waals surface area contributed by atoms with E-state index in [2.05, 4.69) is 10.6 Å². The lowest BCUT2D eigenvalue weighted by atomic mass is 10.1. The summed E-state index contributed by atoms with van der Waals surface area (Å²) in [7, 11) is 0. The Balaban J connectivity index is 1.96. The fourth-order valence-electron chi connectivity index (χ4n) is 2.29. The van der Waals surface area contributed by atoms with Crippen LogP contribution in [0.1, 0.15) is 43.7 Å². The van der Waals surface area contributed by atoms with E-state index in [4.69, 9.17) is 11.6 Å². The Morgan fingerprint density at radius 3 is 2.89 bits per heavy atom. The third-order valence-corrected chi connectivity index (χ3v) is 4.46. The SMILES string of the molecule is CC(C)NC(=O)C(C)NC1CCc2sc(Cl)cc21. The van der Waals surface area contributed by atoms with Gasteiger partial charge in [0, 0.05) is 17.0 Å². The topological polar surface area (TPSA) is 41.1 Å². The van der Waals surface area contributed by atoms with Crippen molar-refractivity contribution >= 4 is 28.8 Å². The molecule has 3 nitrogen and oxygen atoms in total. The molecule has 2 unspecified atom stereocenters. The summed E-state index contributed by atoms with van der Waals surface area (Å²) < 4.78 is 0.839. The van der Waals surface area contributed by atoms with E-state index in [0.29, 0.717) is 0 Å². The highest BCUT2D eigenvalue weighted by Crippen LogP contribution is 2.39. The second kappa shape index (κ2) is 5.59. The lowest BCUT2D eigenvalue weighted by molar-refractivity contribution is -0.123. The van der Waals surface area contributed by atoms with E-state index in [1.807, 2.05) is 26.8 Å². The van der Waals surface area contributed by atoms with Crippen molar-refractivity contribution in [1.29, 1.82) is 0 Å². The summed E-state index contributed by atoms with van der Waals surface area (Å²) in [6.07, 6.45) is 2.11. The average molecular weight is 287 g/mol. The Bertz CT molecular complexity index is 444. The van der Waals surface area contributed by atoms with Crippen molar-refractivity contribution in [2.75, 3.05) is 0 Å². The monoisotopic (exact) mass is 286 g/mol. The molecule has 2 rings (SSSR count). The van der Waals surface area contributed by atoms with E-state index in [0.717, 1.165) is 17.2 Å². The highest BCUT2D eigenvalue weighted by atomic mass is 35.5. The van der Waals surface area contributed by atoms with Gasteiger partial charge in [0.25, 0.3) is 0 Å². The molecule has 0 spiro atoms. The maximum absolute atomic E-state index is 11.9. The van der Waals surface area contributed by atoms with E-state index < -0.39 is 0 Å². The molecule has 0 aromatic carbocycles. The Kier molecular flexibility index (Phi) is 4.30. The molecule has 0 saturated heterocycles. The number of fused-ring (bicyclic) bond motifs is 1. The molecule has 1 amide bonds. The first-order chi connectivity index (χ1) is 8.47. The van der Waals surface area contributed by atoms with Crippen molar-refractivity contribution in [3.8, 4) is 0 Å². The summed E-state index contributed by atoms with van der Waals surface area (Å²) in [4.78, 5) is 13.2. The molecule has 5 heteroatoms. The van der Waals surface area contributed by atoms with Gasteiger partial charge in [0.15, 0.2) is 0 Å². The number of hydrogen-bond donors (Lipinski definition) is 2. The third-order valence-electron chi connectivity index (χ3n) is 3.12. The summed E-state index contributed by atoms with van der Waals surface area (Å²) in [5, 5.41) is 6.31. The van der Waals surface area contributed by atoms with Crippen LogP contribution in [-0.2, 0) is 11.2 Å². The quantitative estimate of drug-likeness (QED) is 0.894. The smallest absolute Gasteiger partial charge is 0.237 e. The predicted molar refractivity (Wildman–Crippen MR) is 76.3 cm³/mol. The summed E-state index contributed by atoms with van der Waals surface area (Å²) in [6.45, 7) is 5.84. The van der Waals surface area contributed by atoms with Crippen LogP contribution in [0.4, 0.5) is 0 Å². The van der Waals surface area contributed by atoms with Gasteiger partial charge in [0.05, 0.1) is 10.4 Å². The van der Waals surface area contributed by atoms with Gasteiger partial charge in [-0.15, -0.1) is 11.3 Å². The van der Waals surface area contributed by atoms with Crippen molar-refractivity contribution in [2.45, 2.75) is 51.7 Å². The highest BCUT2D eigenvalue weighted by molar-refractivity contribution is 7.16. The molecule has 2 atom stereocenters. The Hall–Kier alpha value is -0.580. The first-order valence-electron chi connectivity index (χ1n) is 6.32. The zero-order chi connectivity index (χ0) is 13.3. The van der Waals surface area contributed by atoms with Crippen LogP contribution in [0.3, 0.4) is 0 Å². The van der Waals surface area contributed by atoms with E-state index in [-0.39, 0.29) is 24.0 Å². The molecule has 1 heterocycles. The van der Waals surface area contributed by atoms with Gasteiger partial charge in [-0.1, -0.05) is 11.6 Å². The Morgan fingerprint density at radius 2 is 2.22 bits per heavy atom. The minimum Gasteiger partial charge on any atom is -0.353 e. The van der Waals surface area contributed by atoms with Crippen molar-refractivity contribution < 1.29 is 4.79 Å². The van der Waals surface area contributed by atoms with Gasteiger partial charge in [0.1, 0.15) is 0 Å². The second-order valence-corrected chi connectivity index (χ2v) is 6.84. The standard InChI is InChI=1S/C13H19ClN2OS/c1-7(2)15-13(17)8(3)16-10-4-5-11-9(10)6-12(14)18-11/h6-8,10,16H,4-5H2,1-3H3,(H,15,17). The van der Waals surface area contributed by atoms with Crippen molar-refractivity contribution in [2.24, 2.45) is 0 Å². The van der Waals surface area contributed by atoms with Crippen molar-refractivity contribution in [1.82, 2.24) is 10.6 Å². The van der Waals surface area contributed by atoms with Crippen molar-refractivity contribution in [3.63, 3.8) is 0 Å². The number of nitrogens with one attached hydrogen (secondary N) is 2. The molecule has 0 aliphatic heterocycles. The van der Waals surface area contributed by atoms with Crippen molar-refractivity contribution in [3.05, 3.63) is 20.8 Å². The molecule has 0 fully saturated rings. The van der Waals surface area contributed by atoms with Crippen LogP contribution >= 0.6 is 22.9 Å². The van der Waals surface area contributed by atoms with Gasteiger partial charge in [-0.3, -0.25) is 10.1 Å². The molecule has 1 aromatic rings. The van der Waals surface area contributed by atoms with E-state index >= 15 is 0 Å². The number of amides is 1. The van der Waals surface area contributed by atoms with Gasteiger partial charge >= 0.3 is 0 Å². The average Bonchev–Trinajstić information content (AvgIpc) is 2.78. The lowest BCUT2D eigenvalue weighted by Crippen LogP contribution is -2.45. The normalized spacial score (nSPS) is 19.9. The molecule has 18 heavy (non-hydrogen) atoms. The maximum Gasteiger partial charge on any atom is 0.237 e. The molecule has 100 valence electrons. The maximum atomic E-state index is 11.9. The summed E-state index contributed by atoms with van der Waals surface area (Å²) in [6, 6.07) is 2.29. The molecular weight excluding hydrogens is 268 g/mol. The molecule has 2 N–H and O–H groups in total. The van der Waals surface area contributed by atoms with Crippen LogP contribution in [0.25, 0.3) is 0 Å². The fraction of sp³-hybridized carbons (Fsp3) is 0.615. The number of thiophene rings is 1. The summed E-state index contributed by atoms with van der Waals surface area (Å²) >= 11 is 7.67. The first-order valence-corrected chi connectivity index (χ1v) is 7.51. The molecule has 0 bridgehead atoms. The molecule has 0 radical (unpaired) electrons. The lowest BCUT2D eigenvalue weighted by Gasteiger charge is -2.20. The molecular formula is C13H19ClN2OS. The zero-order valence-corrected chi connectivity index (χ0v) is 12.5. The minimum absolute atomic E-state index is 0.0553. The van der Waals surface area contributed by atoms with E-state index in [1.54, 1.807) is 11.3 Å². The van der Waals surface area contributed by atoms with E-state index in [9.17, 15) is 4.79 Å². The fourth-order valence-corrected chi connectivity index (χ4v) is 3.65. The van der Waals surface area contributed by atoms with Gasteiger partial charge in [-0.25, -0.2) is 0 Å². The molecule has 0 saturated carbocycles. The molecule has 1 aliphatic carbocycles. The zero-order valence-electron chi connectivity index (χ0n) is 10.9. The number of carbonyl (C=O) groups is 1. The van der Waals surface area contributed by atoms with Gasteiger partial charge < -0.3 is 5.32 Å².